The van der Waals surface area contributed by atoms with Crippen LogP contribution in [0.25, 0.3) is 0 Å². The lowest BCUT2D eigenvalue weighted by Crippen LogP contribution is -2.48. The Hall–Kier alpha value is -1.15. The van der Waals surface area contributed by atoms with Crippen molar-refractivity contribution in [1.29, 1.82) is 0 Å². The molecule has 1 aromatic carbocycles. The predicted molar refractivity (Wildman–Crippen MR) is 151 cm³/mol. The summed E-state index contributed by atoms with van der Waals surface area (Å²) in [7, 11) is 0. The van der Waals surface area contributed by atoms with Gasteiger partial charge < -0.3 is 14.4 Å². The number of rotatable bonds is 7. The molecule has 0 N–H and O–H groups in total. The zero-order valence-corrected chi connectivity index (χ0v) is 24.4. The van der Waals surface area contributed by atoms with Gasteiger partial charge in [-0.1, -0.05) is 29.3 Å². The van der Waals surface area contributed by atoms with Gasteiger partial charge in [0.25, 0.3) is 0 Å². The van der Waals surface area contributed by atoms with E-state index in [1.165, 1.54) is 5.56 Å². The number of piperidine rings is 1. The number of benzene rings is 1. The summed E-state index contributed by atoms with van der Waals surface area (Å²) < 4.78 is 12.0. The highest BCUT2D eigenvalue weighted by Crippen LogP contribution is 2.45. The first-order valence-corrected chi connectivity index (χ1v) is 15.2. The van der Waals surface area contributed by atoms with Gasteiger partial charge in [0.1, 0.15) is 0 Å². The fourth-order valence-electron chi connectivity index (χ4n) is 6.38. The van der Waals surface area contributed by atoms with Gasteiger partial charge in [-0.15, -0.1) is 0 Å². The number of carbonyl (C=O) groups excluding carboxylic acids is 1. The molecule has 2 aromatic rings. The molecule has 3 aliphatic heterocycles. The Balaban J connectivity index is 1.20. The first-order chi connectivity index (χ1) is 17.6. The average molecular weight is 566 g/mol. The number of hydrogen-bond acceptors (Lipinski definition) is 6. The minimum absolute atomic E-state index is 0.121. The van der Waals surface area contributed by atoms with Crippen molar-refractivity contribution in [2.75, 3.05) is 32.7 Å². The van der Waals surface area contributed by atoms with Crippen LogP contribution in [-0.2, 0) is 20.8 Å². The Labute approximate surface area is 235 Å². The zero-order chi connectivity index (χ0) is 26.2. The van der Waals surface area contributed by atoms with E-state index in [4.69, 9.17) is 32.7 Å². The summed E-state index contributed by atoms with van der Waals surface area (Å²) in [6.45, 7) is 11.7. The van der Waals surface area contributed by atoms with Gasteiger partial charge in [0.2, 0.25) is 0 Å². The molecule has 0 aliphatic carbocycles. The number of thiophene rings is 1. The van der Waals surface area contributed by atoms with Gasteiger partial charge in [-0.25, -0.2) is 4.79 Å². The second kappa shape index (κ2) is 11.1. The highest BCUT2D eigenvalue weighted by Gasteiger charge is 2.52. The quantitative estimate of drug-likeness (QED) is 0.353. The predicted octanol–water partition coefficient (Wildman–Crippen LogP) is 6.63. The molecular formula is C29H38Cl2N2O3S. The molecule has 5 nitrogen and oxygen atoms in total. The number of hydrogen-bond donors (Lipinski definition) is 0. The van der Waals surface area contributed by atoms with Crippen molar-refractivity contribution in [3.05, 3.63) is 56.2 Å². The molecule has 0 radical (unpaired) electrons. The normalized spacial score (nSPS) is 28.4. The summed E-state index contributed by atoms with van der Waals surface area (Å²) in [6, 6.07) is 8.10. The van der Waals surface area contributed by atoms with E-state index >= 15 is 0 Å². The Bertz CT molecular complexity index is 1090. The first-order valence-electron chi connectivity index (χ1n) is 13.5. The molecule has 3 saturated heterocycles. The number of likely N-dealkylation sites (tertiary alicyclic amines) is 2. The summed E-state index contributed by atoms with van der Waals surface area (Å²) in [5, 5.41) is 5.92. The van der Waals surface area contributed by atoms with Crippen LogP contribution < -0.4 is 0 Å². The maximum atomic E-state index is 12.7. The lowest BCUT2D eigenvalue weighted by Gasteiger charge is -2.41. The molecule has 4 heterocycles. The third-order valence-electron chi connectivity index (χ3n) is 8.43. The van der Waals surface area contributed by atoms with Crippen LogP contribution in [0, 0.1) is 5.92 Å². The minimum atomic E-state index is -0.814. The molecule has 202 valence electrons. The van der Waals surface area contributed by atoms with Crippen molar-refractivity contribution in [3.63, 3.8) is 0 Å². The molecule has 1 aromatic heterocycles. The molecule has 1 spiro atoms. The van der Waals surface area contributed by atoms with Crippen LogP contribution in [0.3, 0.4) is 0 Å². The lowest BCUT2D eigenvalue weighted by molar-refractivity contribution is -0.185. The molecule has 0 amide bonds. The summed E-state index contributed by atoms with van der Waals surface area (Å²) in [4.78, 5) is 17.8. The van der Waals surface area contributed by atoms with Gasteiger partial charge in [0.15, 0.2) is 5.60 Å². The SMILES string of the molecule is CC(C)OC(=O)C1(C)CCC2(CCN(C[C@H]3CN(Cc4ccc(Cl)cc4Cl)C[C@@H]3c3ccsc3)CC2)O1. The zero-order valence-electron chi connectivity index (χ0n) is 22.1. The maximum Gasteiger partial charge on any atom is 0.338 e. The van der Waals surface area contributed by atoms with Gasteiger partial charge >= 0.3 is 5.97 Å². The summed E-state index contributed by atoms with van der Waals surface area (Å²) in [6.07, 6.45) is 3.49. The van der Waals surface area contributed by atoms with E-state index in [-0.39, 0.29) is 17.7 Å². The highest BCUT2D eigenvalue weighted by molar-refractivity contribution is 7.08. The highest BCUT2D eigenvalue weighted by atomic mass is 35.5. The Morgan fingerprint density at radius 2 is 1.92 bits per heavy atom. The molecule has 0 saturated carbocycles. The number of ether oxygens (including phenoxy) is 2. The van der Waals surface area contributed by atoms with Crippen LogP contribution in [0.15, 0.2) is 35.0 Å². The van der Waals surface area contributed by atoms with Gasteiger partial charge in [0.05, 0.1) is 11.7 Å². The summed E-state index contributed by atoms with van der Waals surface area (Å²) in [5.74, 6) is 0.864. The smallest absolute Gasteiger partial charge is 0.338 e. The topological polar surface area (TPSA) is 42.0 Å². The minimum Gasteiger partial charge on any atom is -0.461 e. The number of carbonyl (C=O) groups is 1. The van der Waals surface area contributed by atoms with Crippen molar-refractivity contribution >= 4 is 40.5 Å². The van der Waals surface area contributed by atoms with Gasteiger partial charge in [-0.3, -0.25) is 4.90 Å². The van der Waals surface area contributed by atoms with E-state index in [2.05, 4.69) is 26.6 Å². The van der Waals surface area contributed by atoms with Crippen molar-refractivity contribution in [2.24, 2.45) is 5.92 Å². The Kier molecular flexibility index (Phi) is 8.26. The molecule has 37 heavy (non-hydrogen) atoms. The number of nitrogens with zero attached hydrogens (tertiary/aromatic N) is 2. The third kappa shape index (κ3) is 6.21. The van der Waals surface area contributed by atoms with Crippen LogP contribution in [0.4, 0.5) is 0 Å². The standard InChI is InChI=1S/C29H38Cl2N2O3S/c1-20(2)35-27(34)28(3)7-8-29(36-28)9-11-32(12-10-29)16-23-17-33(18-25(23)22-6-13-37-19-22)15-21-4-5-24(30)14-26(21)31/h4-6,13-14,19-20,23,25H,7-12,15-18H2,1-3H3/t23-,25+,28?/m0/s1. The Morgan fingerprint density at radius 3 is 2.59 bits per heavy atom. The molecular weight excluding hydrogens is 527 g/mol. The average Bonchev–Trinajstić information content (AvgIpc) is 3.57. The van der Waals surface area contributed by atoms with E-state index in [9.17, 15) is 4.79 Å². The fraction of sp³-hybridized carbons (Fsp3) is 0.621. The second-order valence-electron chi connectivity index (χ2n) is 11.6. The summed E-state index contributed by atoms with van der Waals surface area (Å²) >= 11 is 14.4. The van der Waals surface area contributed by atoms with Gasteiger partial charge in [-0.05, 0) is 92.5 Å². The van der Waals surface area contributed by atoms with Gasteiger partial charge in [0, 0.05) is 55.2 Å². The molecule has 5 rings (SSSR count). The maximum absolute atomic E-state index is 12.7. The summed E-state index contributed by atoms with van der Waals surface area (Å²) in [5.41, 5.74) is 1.58. The van der Waals surface area contributed by atoms with Crippen LogP contribution in [0.2, 0.25) is 10.0 Å². The largest absolute Gasteiger partial charge is 0.461 e. The van der Waals surface area contributed by atoms with Crippen LogP contribution in [0.5, 0.6) is 0 Å². The molecule has 8 heteroatoms. The van der Waals surface area contributed by atoms with Crippen molar-refractivity contribution in [2.45, 2.75) is 76.2 Å². The van der Waals surface area contributed by atoms with Crippen LogP contribution in [0.1, 0.15) is 63.5 Å². The number of halogens is 2. The molecule has 3 aliphatic rings. The first kappa shape index (κ1) is 27.4. The van der Waals surface area contributed by atoms with E-state index in [1.54, 1.807) is 11.3 Å². The molecule has 3 atom stereocenters. The molecule has 3 fully saturated rings. The number of esters is 1. The fourth-order valence-corrected chi connectivity index (χ4v) is 7.58. The third-order valence-corrected chi connectivity index (χ3v) is 9.72. The van der Waals surface area contributed by atoms with Crippen LogP contribution >= 0.6 is 34.5 Å². The van der Waals surface area contributed by atoms with Gasteiger partial charge in [-0.2, -0.15) is 11.3 Å². The van der Waals surface area contributed by atoms with E-state index < -0.39 is 5.60 Å². The van der Waals surface area contributed by atoms with E-state index in [1.807, 2.05) is 39.0 Å². The van der Waals surface area contributed by atoms with Crippen molar-refractivity contribution < 1.29 is 14.3 Å². The molecule has 1 unspecified atom stereocenters. The lowest BCUT2D eigenvalue weighted by atomic mass is 9.86. The second-order valence-corrected chi connectivity index (χ2v) is 13.2. The van der Waals surface area contributed by atoms with E-state index in [0.29, 0.717) is 16.9 Å². The van der Waals surface area contributed by atoms with Crippen molar-refractivity contribution in [3.8, 4) is 0 Å². The van der Waals surface area contributed by atoms with Crippen LogP contribution in [-0.4, -0.2) is 65.8 Å². The van der Waals surface area contributed by atoms with Crippen molar-refractivity contribution in [1.82, 2.24) is 9.80 Å². The van der Waals surface area contributed by atoms with E-state index in [0.717, 1.165) is 75.5 Å². The Morgan fingerprint density at radius 1 is 1.14 bits per heavy atom. The molecule has 0 bridgehead atoms. The monoisotopic (exact) mass is 564 g/mol.